The highest BCUT2D eigenvalue weighted by molar-refractivity contribution is 7.13. The lowest BCUT2D eigenvalue weighted by Gasteiger charge is -2.24. The largest absolute Gasteiger partial charge is 0.463 e. The fourth-order valence-corrected chi connectivity index (χ4v) is 4.36. The van der Waals surface area contributed by atoms with Crippen LogP contribution in [-0.2, 0) is 33.3 Å². The van der Waals surface area contributed by atoms with Gasteiger partial charge in [-0.15, -0.1) is 11.3 Å². The molecule has 2 N–H and O–H groups in total. The van der Waals surface area contributed by atoms with E-state index in [1.165, 1.54) is 38.4 Å². The van der Waals surface area contributed by atoms with Gasteiger partial charge in [0.05, 0.1) is 4.88 Å². The van der Waals surface area contributed by atoms with Gasteiger partial charge in [-0.3, -0.25) is 19.0 Å². The van der Waals surface area contributed by atoms with Crippen LogP contribution in [0.3, 0.4) is 0 Å². The molecule has 33 heavy (non-hydrogen) atoms. The average Bonchev–Trinajstić information content (AvgIpc) is 3.45. The third-order valence-electron chi connectivity index (χ3n) is 4.84. The lowest BCUT2D eigenvalue weighted by Crippen LogP contribution is -2.40. The standard InChI is InChI=1S/C20H21N5O7S/c1-9(26)29-7-12-15(30-10(2)27)16(31-11(3)28)20(32-12)25-18(13-5-4-6-33-13)24-14-17(21)22-8-23-19(14)25/h4-6,8,12,15-16,20H,7H2,1-3H3,(H2,21,22,23)/t12-,15-,16-,20-/m1/s1. The van der Waals surface area contributed by atoms with Crippen molar-refractivity contribution in [2.45, 2.75) is 45.3 Å². The number of ether oxygens (including phenoxy) is 4. The lowest BCUT2D eigenvalue weighted by molar-refractivity contribution is -0.166. The van der Waals surface area contributed by atoms with Crippen molar-refractivity contribution < 1.29 is 33.3 Å². The number of nitrogen functional groups attached to an aromatic ring is 1. The molecule has 1 fully saturated rings. The Morgan fingerprint density at radius 3 is 2.48 bits per heavy atom. The van der Waals surface area contributed by atoms with E-state index in [0.29, 0.717) is 17.0 Å². The van der Waals surface area contributed by atoms with Gasteiger partial charge >= 0.3 is 17.9 Å². The van der Waals surface area contributed by atoms with E-state index in [2.05, 4.69) is 15.0 Å². The van der Waals surface area contributed by atoms with Crippen molar-refractivity contribution in [3.63, 3.8) is 0 Å². The van der Waals surface area contributed by atoms with Crippen molar-refractivity contribution in [2.75, 3.05) is 12.3 Å². The molecule has 0 aromatic carbocycles. The maximum atomic E-state index is 12.0. The molecule has 4 heterocycles. The van der Waals surface area contributed by atoms with E-state index in [-0.39, 0.29) is 12.4 Å². The summed E-state index contributed by atoms with van der Waals surface area (Å²) in [4.78, 5) is 48.9. The normalized spacial score (nSPS) is 22.3. The third-order valence-corrected chi connectivity index (χ3v) is 5.71. The van der Waals surface area contributed by atoms with E-state index in [4.69, 9.17) is 24.7 Å². The molecule has 0 saturated carbocycles. The second kappa shape index (κ2) is 9.11. The van der Waals surface area contributed by atoms with Gasteiger partial charge in [-0.05, 0) is 11.4 Å². The first-order valence-corrected chi connectivity index (χ1v) is 10.8. The first-order chi connectivity index (χ1) is 15.8. The van der Waals surface area contributed by atoms with Crippen LogP contribution in [0.2, 0.25) is 0 Å². The molecule has 4 rings (SSSR count). The molecule has 1 saturated heterocycles. The van der Waals surface area contributed by atoms with Crippen LogP contribution in [0.5, 0.6) is 0 Å². The van der Waals surface area contributed by atoms with Gasteiger partial charge < -0.3 is 24.7 Å². The molecular formula is C20H21N5O7S. The molecule has 3 aromatic rings. The second-order valence-electron chi connectivity index (χ2n) is 7.23. The zero-order valence-electron chi connectivity index (χ0n) is 18.0. The van der Waals surface area contributed by atoms with Gasteiger partial charge in [0.15, 0.2) is 41.2 Å². The van der Waals surface area contributed by atoms with E-state index in [0.717, 1.165) is 4.88 Å². The molecule has 13 heteroatoms. The minimum atomic E-state index is -1.08. The Bertz CT molecular complexity index is 1200. The van der Waals surface area contributed by atoms with Gasteiger partial charge in [0.2, 0.25) is 0 Å². The van der Waals surface area contributed by atoms with Crippen molar-refractivity contribution in [2.24, 2.45) is 0 Å². The van der Waals surface area contributed by atoms with Gasteiger partial charge in [-0.1, -0.05) is 6.07 Å². The summed E-state index contributed by atoms with van der Waals surface area (Å²) in [5, 5.41) is 1.87. The van der Waals surface area contributed by atoms with Crippen LogP contribution in [0.15, 0.2) is 23.8 Å². The number of hydrogen-bond acceptors (Lipinski definition) is 12. The van der Waals surface area contributed by atoms with E-state index in [9.17, 15) is 14.4 Å². The first kappa shape index (κ1) is 22.6. The zero-order valence-corrected chi connectivity index (χ0v) is 18.8. The topological polar surface area (TPSA) is 158 Å². The number of carbonyl (C=O) groups excluding carboxylic acids is 3. The van der Waals surface area contributed by atoms with Crippen LogP contribution in [0.1, 0.15) is 27.0 Å². The van der Waals surface area contributed by atoms with Crippen LogP contribution in [-0.4, -0.2) is 62.3 Å². The van der Waals surface area contributed by atoms with Gasteiger partial charge in [0, 0.05) is 20.8 Å². The fraction of sp³-hybridized carbons (Fsp3) is 0.400. The summed E-state index contributed by atoms with van der Waals surface area (Å²) in [5.74, 6) is -1.17. The predicted octanol–water partition coefficient (Wildman–Crippen LogP) is 1.46. The third kappa shape index (κ3) is 4.50. The van der Waals surface area contributed by atoms with E-state index in [1.807, 2.05) is 17.5 Å². The highest BCUT2D eigenvalue weighted by Gasteiger charge is 2.51. The van der Waals surface area contributed by atoms with E-state index < -0.39 is 42.4 Å². The van der Waals surface area contributed by atoms with Gasteiger partial charge in [0.1, 0.15) is 19.0 Å². The lowest BCUT2D eigenvalue weighted by atomic mass is 10.1. The maximum Gasteiger partial charge on any atom is 0.303 e. The van der Waals surface area contributed by atoms with Gasteiger partial charge in [-0.2, -0.15) is 0 Å². The number of nitrogens with zero attached hydrogens (tertiary/aromatic N) is 4. The molecule has 1 aliphatic heterocycles. The van der Waals surface area contributed by atoms with Crippen molar-refractivity contribution in [3.8, 4) is 10.7 Å². The fourth-order valence-electron chi connectivity index (χ4n) is 3.65. The summed E-state index contributed by atoms with van der Waals surface area (Å²) in [5.41, 5.74) is 6.70. The summed E-state index contributed by atoms with van der Waals surface area (Å²) in [6.45, 7) is 3.47. The van der Waals surface area contributed by atoms with Crippen LogP contribution in [0, 0.1) is 0 Å². The minimum absolute atomic E-state index is 0.159. The second-order valence-corrected chi connectivity index (χ2v) is 8.18. The molecule has 0 amide bonds. The Morgan fingerprint density at radius 2 is 1.85 bits per heavy atom. The number of rotatable bonds is 6. The number of hydrogen-bond donors (Lipinski definition) is 1. The first-order valence-electron chi connectivity index (χ1n) is 9.91. The number of aromatic nitrogens is 4. The Morgan fingerprint density at radius 1 is 1.12 bits per heavy atom. The average molecular weight is 475 g/mol. The molecule has 0 spiro atoms. The zero-order chi connectivity index (χ0) is 23.7. The van der Waals surface area contributed by atoms with Crippen molar-refractivity contribution in [1.82, 2.24) is 19.5 Å². The highest BCUT2D eigenvalue weighted by Crippen LogP contribution is 2.40. The molecule has 3 aromatic heterocycles. The number of imidazole rings is 1. The minimum Gasteiger partial charge on any atom is -0.463 e. The van der Waals surface area contributed by atoms with Gasteiger partial charge in [0.25, 0.3) is 0 Å². The quantitative estimate of drug-likeness (QED) is 0.406. The van der Waals surface area contributed by atoms with Crippen molar-refractivity contribution >= 4 is 46.2 Å². The Labute approximate surface area is 191 Å². The number of esters is 3. The molecule has 0 radical (unpaired) electrons. The molecule has 0 bridgehead atoms. The van der Waals surface area contributed by atoms with Gasteiger partial charge in [-0.25, -0.2) is 15.0 Å². The number of carbonyl (C=O) groups is 3. The summed E-state index contributed by atoms with van der Waals surface area (Å²) >= 11 is 1.42. The molecule has 1 aliphatic rings. The molecule has 0 unspecified atom stereocenters. The Balaban J connectivity index is 1.87. The van der Waals surface area contributed by atoms with Crippen LogP contribution >= 0.6 is 11.3 Å². The van der Waals surface area contributed by atoms with Crippen LogP contribution in [0.25, 0.3) is 21.9 Å². The SMILES string of the molecule is CC(=O)OC[C@H]1O[C@@H](n2c(-c3cccs3)nc3c(N)ncnc32)[C@H](OC(C)=O)[C@@H]1OC(C)=O. The van der Waals surface area contributed by atoms with Crippen LogP contribution in [0.4, 0.5) is 5.82 Å². The molecular weight excluding hydrogens is 454 g/mol. The number of fused-ring (bicyclic) bond motifs is 1. The summed E-state index contributed by atoms with van der Waals surface area (Å²) < 4.78 is 23.9. The Kier molecular flexibility index (Phi) is 6.24. The van der Waals surface area contributed by atoms with Crippen molar-refractivity contribution in [1.29, 1.82) is 0 Å². The number of nitrogens with two attached hydrogens (primary N) is 1. The number of thiophene rings is 1. The molecule has 174 valence electrons. The summed E-state index contributed by atoms with van der Waals surface area (Å²) in [6, 6.07) is 3.70. The summed E-state index contributed by atoms with van der Waals surface area (Å²) in [7, 11) is 0. The highest BCUT2D eigenvalue weighted by atomic mass is 32.1. The molecule has 12 nitrogen and oxygen atoms in total. The Hall–Kier alpha value is -3.58. The van der Waals surface area contributed by atoms with Crippen molar-refractivity contribution in [3.05, 3.63) is 23.8 Å². The predicted molar refractivity (Wildman–Crippen MR) is 115 cm³/mol. The molecule has 4 atom stereocenters. The summed E-state index contributed by atoms with van der Waals surface area (Å²) in [6.07, 6.45) is -2.79. The van der Waals surface area contributed by atoms with E-state index >= 15 is 0 Å². The van der Waals surface area contributed by atoms with Crippen LogP contribution < -0.4 is 5.73 Å². The number of anilines is 1. The maximum absolute atomic E-state index is 12.0. The van der Waals surface area contributed by atoms with E-state index in [1.54, 1.807) is 4.57 Å². The smallest absolute Gasteiger partial charge is 0.303 e. The molecule has 0 aliphatic carbocycles. The monoisotopic (exact) mass is 475 g/mol.